The Kier molecular flexibility index (Phi) is 7.08. The average Bonchev–Trinajstić information content (AvgIpc) is 2.71. The number of nitrogens with zero attached hydrogens (tertiary/aromatic N) is 1. The molecule has 0 aliphatic rings. The molecule has 0 heterocycles. The molecule has 28 heavy (non-hydrogen) atoms. The van der Waals surface area contributed by atoms with Gasteiger partial charge in [-0.2, -0.15) is 0 Å². The Bertz CT molecular complexity index is 851. The maximum absolute atomic E-state index is 12.5. The number of methoxy groups -OCH3 is 1. The molecule has 8 nitrogen and oxygen atoms in total. The molecular weight excluding hydrogens is 362 g/mol. The van der Waals surface area contributed by atoms with Crippen molar-refractivity contribution in [1.29, 1.82) is 0 Å². The van der Waals surface area contributed by atoms with E-state index in [0.717, 1.165) is 11.3 Å². The molecule has 0 saturated heterocycles. The summed E-state index contributed by atoms with van der Waals surface area (Å²) in [5.41, 5.74) is 0.861. The van der Waals surface area contributed by atoms with Crippen molar-refractivity contribution in [2.24, 2.45) is 0 Å². The molecule has 2 rings (SSSR count). The fourth-order valence-corrected chi connectivity index (χ4v) is 2.66. The quantitative estimate of drug-likeness (QED) is 0.536. The number of non-ortho nitro benzene ring substituents is 1. The molecule has 0 aliphatic heterocycles. The molecule has 0 radical (unpaired) electrons. The summed E-state index contributed by atoms with van der Waals surface area (Å²) in [5, 5.41) is 16.3. The second-order valence-electron chi connectivity index (χ2n) is 6.25. The molecule has 2 aromatic carbocycles. The lowest BCUT2D eigenvalue weighted by Crippen LogP contribution is -2.45. The lowest BCUT2D eigenvalue weighted by Gasteiger charge is -2.21. The number of ether oxygens (including phenoxy) is 1. The van der Waals surface area contributed by atoms with Crippen LogP contribution in [-0.4, -0.2) is 29.9 Å². The van der Waals surface area contributed by atoms with Gasteiger partial charge in [-0.15, -0.1) is 0 Å². The summed E-state index contributed by atoms with van der Waals surface area (Å²) in [6.45, 7) is 3.51. The van der Waals surface area contributed by atoms with Crippen LogP contribution in [0.4, 0.5) is 5.69 Å². The normalized spacial score (nSPS) is 12.5. The number of nitro benzene ring substituents is 1. The van der Waals surface area contributed by atoms with Crippen LogP contribution in [0, 0.1) is 10.1 Å². The number of benzene rings is 2. The van der Waals surface area contributed by atoms with Gasteiger partial charge in [0.05, 0.1) is 18.1 Å². The fourth-order valence-electron chi connectivity index (χ4n) is 2.66. The molecule has 0 fully saturated rings. The van der Waals surface area contributed by atoms with Gasteiger partial charge in [0.1, 0.15) is 11.8 Å². The molecule has 2 unspecified atom stereocenters. The highest BCUT2D eigenvalue weighted by Crippen LogP contribution is 2.20. The van der Waals surface area contributed by atoms with Crippen molar-refractivity contribution in [2.45, 2.75) is 32.4 Å². The molecule has 0 saturated carbocycles. The number of hydrogen-bond acceptors (Lipinski definition) is 5. The lowest BCUT2D eigenvalue weighted by atomic mass is 10.0. The van der Waals surface area contributed by atoms with E-state index in [4.69, 9.17) is 4.74 Å². The summed E-state index contributed by atoms with van der Waals surface area (Å²) in [4.78, 5) is 35.1. The van der Waals surface area contributed by atoms with Crippen molar-refractivity contribution in [3.63, 3.8) is 0 Å². The zero-order chi connectivity index (χ0) is 20.7. The molecule has 8 heteroatoms. The minimum absolute atomic E-state index is 0.121. The Morgan fingerprint density at radius 1 is 1.14 bits per heavy atom. The van der Waals surface area contributed by atoms with Crippen LogP contribution in [-0.2, 0) is 4.79 Å². The minimum atomic E-state index is -0.806. The van der Waals surface area contributed by atoms with Crippen LogP contribution in [0.2, 0.25) is 0 Å². The van der Waals surface area contributed by atoms with Gasteiger partial charge in [-0.1, -0.05) is 25.1 Å². The number of nitro groups is 1. The van der Waals surface area contributed by atoms with Crippen molar-refractivity contribution in [2.75, 3.05) is 7.11 Å². The van der Waals surface area contributed by atoms with Gasteiger partial charge in [-0.3, -0.25) is 19.7 Å². The van der Waals surface area contributed by atoms with Gasteiger partial charge in [0.2, 0.25) is 5.91 Å². The number of hydrogen-bond donors (Lipinski definition) is 2. The number of carbonyl (C=O) groups excluding carboxylic acids is 2. The van der Waals surface area contributed by atoms with Gasteiger partial charge in [0, 0.05) is 17.7 Å². The molecule has 2 aromatic rings. The number of amides is 2. The van der Waals surface area contributed by atoms with Gasteiger partial charge >= 0.3 is 0 Å². The number of nitrogens with one attached hydrogen (secondary N) is 2. The van der Waals surface area contributed by atoms with E-state index < -0.39 is 16.9 Å². The van der Waals surface area contributed by atoms with Crippen molar-refractivity contribution >= 4 is 17.5 Å². The van der Waals surface area contributed by atoms with Gasteiger partial charge in [-0.05, 0) is 37.1 Å². The van der Waals surface area contributed by atoms with Gasteiger partial charge in [-0.25, -0.2) is 0 Å². The zero-order valence-corrected chi connectivity index (χ0v) is 16.0. The maximum Gasteiger partial charge on any atom is 0.270 e. The molecule has 2 atom stereocenters. The van der Waals surface area contributed by atoms with Gasteiger partial charge in [0.25, 0.3) is 11.6 Å². The van der Waals surface area contributed by atoms with E-state index in [1.807, 2.05) is 31.2 Å². The van der Waals surface area contributed by atoms with Gasteiger partial charge < -0.3 is 15.4 Å². The predicted molar refractivity (Wildman–Crippen MR) is 104 cm³/mol. The van der Waals surface area contributed by atoms with Crippen LogP contribution in [0.25, 0.3) is 0 Å². The molecule has 2 N–H and O–H groups in total. The van der Waals surface area contributed by atoms with Crippen molar-refractivity contribution < 1.29 is 19.2 Å². The molecular formula is C20H23N3O5. The first-order chi connectivity index (χ1) is 13.3. The monoisotopic (exact) mass is 385 g/mol. The van der Waals surface area contributed by atoms with E-state index in [1.54, 1.807) is 14.0 Å². The summed E-state index contributed by atoms with van der Waals surface area (Å²) in [5.74, 6) is -0.173. The first kappa shape index (κ1) is 20.9. The van der Waals surface area contributed by atoms with Crippen LogP contribution >= 0.6 is 0 Å². The average molecular weight is 385 g/mol. The third-order valence-electron chi connectivity index (χ3n) is 4.30. The Hall–Kier alpha value is -3.42. The van der Waals surface area contributed by atoms with Gasteiger partial charge in [0.15, 0.2) is 0 Å². The van der Waals surface area contributed by atoms with E-state index >= 15 is 0 Å². The Balaban J connectivity index is 2.01. The van der Waals surface area contributed by atoms with Crippen LogP contribution in [0.15, 0.2) is 48.5 Å². The highest BCUT2D eigenvalue weighted by molar-refractivity contribution is 5.97. The summed E-state index contributed by atoms with van der Waals surface area (Å²) in [7, 11) is 1.58. The molecule has 0 bridgehead atoms. The Morgan fingerprint density at radius 3 is 2.39 bits per heavy atom. The standard InChI is InChI=1S/C20H23N3O5/c1-4-18(14-8-10-17(28-3)11-9-14)22-19(24)13(2)21-20(25)15-6-5-7-16(12-15)23(26)27/h5-13,18H,4H2,1-3H3,(H,21,25)(H,22,24). The minimum Gasteiger partial charge on any atom is -0.497 e. The van der Waals surface area contributed by atoms with Crippen molar-refractivity contribution in [3.8, 4) is 5.75 Å². The second kappa shape index (κ2) is 9.50. The fraction of sp³-hybridized carbons (Fsp3) is 0.300. The third-order valence-corrected chi connectivity index (χ3v) is 4.30. The van der Waals surface area contributed by atoms with E-state index in [1.165, 1.54) is 24.3 Å². The molecule has 148 valence electrons. The highest BCUT2D eigenvalue weighted by Gasteiger charge is 2.21. The second-order valence-corrected chi connectivity index (χ2v) is 6.25. The summed E-state index contributed by atoms with van der Waals surface area (Å²) < 4.78 is 5.13. The first-order valence-corrected chi connectivity index (χ1v) is 8.85. The van der Waals surface area contributed by atoms with Crippen LogP contribution in [0.3, 0.4) is 0 Å². The van der Waals surface area contributed by atoms with Crippen LogP contribution < -0.4 is 15.4 Å². The largest absolute Gasteiger partial charge is 0.497 e. The third kappa shape index (κ3) is 5.29. The smallest absolute Gasteiger partial charge is 0.270 e. The molecule has 0 aliphatic carbocycles. The molecule has 0 spiro atoms. The summed E-state index contributed by atoms with van der Waals surface area (Å²) in [6.07, 6.45) is 0.670. The number of rotatable bonds is 8. The van der Waals surface area contributed by atoms with Crippen LogP contribution in [0.1, 0.15) is 42.2 Å². The van der Waals surface area contributed by atoms with E-state index in [-0.39, 0.29) is 23.2 Å². The summed E-state index contributed by atoms with van der Waals surface area (Å²) in [6, 6.07) is 11.7. The van der Waals surface area contributed by atoms with Crippen LogP contribution in [0.5, 0.6) is 5.75 Å². The topological polar surface area (TPSA) is 111 Å². The van der Waals surface area contributed by atoms with Crippen molar-refractivity contribution in [1.82, 2.24) is 10.6 Å². The van der Waals surface area contributed by atoms with Crippen molar-refractivity contribution in [3.05, 3.63) is 69.8 Å². The highest BCUT2D eigenvalue weighted by atomic mass is 16.6. The lowest BCUT2D eigenvalue weighted by molar-refractivity contribution is -0.384. The van der Waals surface area contributed by atoms with E-state index in [2.05, 4.69) is 10.6 Å². The maximum atomic E-state index is 12.5. The SMILES string of the molecule is CCC(NC(=O)C(C)NC(=O)c1cccc([N+](=O)[O-])c1)c1ccc(OC)cc1. The Morgan fingerprint density at radius 2 is 1.82 bits per heavy atom. The summed E-state index contributed by atoms with van der Waals surface area (Å²) >= 11 is 0. The number of carbonyl (C=O) groups is 2. The van der Waals surface area contributed by atoms with E-state index in [9.17, 15) is 19.7 Å². The Labute approximate surface area is 163 Å². The first-order valence-electron chi connectivity index (χ1n) is 8.85. The van der Waals surface area contributed by atoms with E-state index in [0.29, 0.717) is 6.42 Å². The predicted octanol–water partition coefficient (Wildman–Crippen LogP) is 2.99. The molecule has 0 aromatic heterocycles. The zero-order valence-electron chi connectivity index (χ0n) is 16.0. The molecule has 2 amide bonds.